The minimum Gasteiger partial charge on any atom is -0.495 e. The van der Waals surface area contributed by atoms with Crippen LogP contribution >= 0.6 is 0 Å². The van der Waals surface area contributed by atoms with Gasteiger partial charge in [-0.2, -0.15) is 0 Å². The zero-order chi connectivity index (χ0) is 21.4. The van der Waals surface area contributed by atoms with Crippen LogP contribution in [0, 0.1) is 0 Å². The van der Waals surface area contributed by atoms with Crippen LogP contribution in [0.4, 0.5) is 5.69 Å². The first-order valence-electron chi connectivity index (χ1n) is 9.54. The van der Waals surface area contributed by atoms with E-state index in [0.717, 1.165) is 22.3 Å². The molecule has 8 heteroatoms. The van der Waals surface area contributed by atoms with E-state index in [1.54, 1.807) is 30.5 Å². The number of hydrogen-bond acceptors (Lipinski definition) is 5. The third-order valence-corrected chi connectivity index (χ3v) is 6.39. The fraction of sp³-hybridized carbons (Fsp3) is 0.0435. The molecule has 0 saturated heterocycles. The first kappa shape index (κ1) is 19.1. The van der Waals surface area contributed by atoms with Gasteiger partial charge in [0.2, 0.25) is 0 Å². The average Bonchev–Trinajstić information content (AvgIpc) is 3.23. The van der Waals surface area contributed by atoms with Crippen LogP contribution in [-0.2, 0) is 10.0 Å². The summed E-state index contributed by atoms with van der Waals surface area (Å²) in [5.74, 6) is 0.407. The van der Waals surface area contributed by atoms with Crippen molar-refractivity contribution in [2.24, 2.45) is 0 Å². The molecule has 0 amide bonds. The number of ether oxygens (including phenoxy) is 1. The largest absolute Gasteiger partial charge is 0.495 e. The molecule has 0 aliphatic carbocycles. The molecule has 7 nitrogen and oxygen atoms in total. The maximum absolute atomic E-state index is 13.2. The molecule has 0 aliphatic rings. The van der Waals surface area contributed by atoms with Crippen LogP contribution in [0.5, 0.6) is 5.75 Å². The van der Waals surface area contributed by atoms with E-state index in [-0.39, 0.29) is 4.90 Å². The van der Waals surface area contributed by atoms with Crippen LogP contribution in [-0.4, -0.2) is 29.9 Å². The van der Waals surface area contributed by atoms with E-state index in [4.69, 9.17) is 4.74 Å². The number of rotatable bonds is 5. The molecule has 1 N–H and O–H groups in total. The number of nitrogens with zero attached hydrogens (tertiary/aromatic N) is 3. The lowest BCUT2D eigenvalue weighted by molar-refractivity contribution is 0.417. The van der Waals surface area contributed by atoms with E-state index in [2.05, 4.69) is 14.7 Å². The summed E-state index contributed by atoms with van der Waals surface area (Å²) < 4.78 is 36.5. The number of imidazole rings is 1. The third-order valence-electron chi connectivity index (χ3n) is 4.99. The molecule has 0 atom stereocenters. The van der Waals surface area contributed by atoms with Gasteiger partial charge in [0.1, 0.15) is 16.3 Å². The second-order valence-corrected chi connectivity index (χ2v) is 8.59. The van der Waals surface area contributed by atoms with Gasteiger partial charge >= 0.3 is 0 Å². The summed E-state index contributed by atoms with van der Waals surface area (Å²) in [6.07, 6.45) is 5.38. The third kappa shape index (κ3) is 3.47. The van der Waals surface area contributed by atoms with E-state index >= 15 is 0 Å². The lowest BCUT2D eigenvalue weighted by Gasteiger charge is -2.14. The zero-order valence-electron chi connectivity index (χ0n) is 16.6. The van der Waals surface area contributed by atoms with Gasteiger partial charge in [0, 0.05) is 29.5 Å². The van der Waals surface area contributed by atoms with E-state index in [1.807, 2.05) is 53.2 Å². The molecular weight excluding hydrogens is 412 g/mol. The smallest absolute Gasteiger partial charge is 0.264 e. The molecule has 0 aliphatic heterocycles. The lowest BCUT2D eigenvalue weighted by Crippen LogP contribution is -2.14. The molecule has 0 spiro atoms. The van der Waals surface area contributed by atoms with Gasteiger partial charge in [-0.25, -0.2) is 13.4 Å². The predicted octanol–water partition coefficient (Wildman–Crippen LogP) is 4.36. The molecule has 3 heterocycles. The SMILES string of the molecule is COc1ccc(-c2cn3ccccc3n2)cc1NS(=O)(=O)c1cccc2cccnc12. The van der Waals surface area contributed by atoms with Crippen molar-refractivity contribution in [1.29, 1.82) is 0 Å². The summed E-state index contributed by atoms with van der Waals surface area (Å²) in [5.41, 5.74) is 3.02. The highest BCUT2D eigenvalue weighted by Crippen LogP contribution is 2.33. The highest BCUT2D eigenvalue weighted by molar-refractivity contribution is 7.93. The fourth-order valence-corrected chi connectivity index (χ4v) is 4.76. The Morgan fingerprint density at radius 3 is 2.71 bits per heavy atom. The summed E-state index contributed by atoms with van der Waals surface area (Å²) in [6.45, 7) is 0. The van der Waals surface area contributed by atoms with Crippen LogP contribution in [0.3, 0.4) is 0 Å². The molecule has 0 radical (unpaired) electrons. The summed E-state index contributed by atoms with van der Waals surface area (Å²) >= 11 is 0. The lowest BCUT2D eigenvalue weighted by atomic mass is 10.1. The van der Waals surface area contributed by atoms with E-state index in [1.165, 1.54) is 13.2 Å². The number of sulfonamides is 1. The van der Waals surface area contributed by atoms with Crippen LogP contribution in [0.2, 0.25) is 0 Å². The molecular formula is C23H18N4O3S. The summed E-state index contributed by atoms with van der Waals surface area (Å²) in [7, 11) is -2.42. The zero-order valence-corrected chi connectivity index (χ0v) is 17.4. The fourth-order valence-electron chi connectivity index (χ4n) is 3.51. The first-order valence-corrected chi connectivity index (χ1v) is 11.0. The highest BCUT2D eigenvalue weighted by Gasteiger charge is 2.21. The minimum absolute atomic E-state index is 0.103. The number of pyridine rings is 2. The predicted molar refractivity (Wildman–Crippen MR) is 120 cm³/mol. The Balaban J connectivity index is 1.58. The van der Waals surface area contributed by atoms with Gasteiger partial charge in [0.05, 0.1) is 24.0 Å². The van der Waals surface area contributed by atoms with Crippen molar-refractivity contribution in [2.75, 3.05) is 11.8 Å². The van der Waals surface area contributed by atoms with Crippen LogP contribution in [0.1, 0.15) is 0 Å². The molecule has 5 aromatic rings. The van der Waals surface area contributed by atoms with Gasteiger partial charge in [-0.05, 0) is 42.5 Å². The Bertz CT molecular complexity index is 1490. The Morgan fingerprint density at radius 1 is 1.00 bits per heavy atom. The summed E-state index contributed by atoms with van der Waals surface area (Å²) in [4.78, 5) is 8.97. The molecule has 31 heavy (non-hydrogen) atoms. The van der Waals surface area contributed by atoms with Crippen molar-refractivity contribution in [3.05, 3.63) is 85.3 Å². The monoisotopic (exact) mass is 430 g/mol. The molecule has 2 aromatic carbocycles. The summed E-state index contributed by atoms with van der Waals surface area (Å²) in [6, 6.07) is 19.7. The van der Waals surface area contributed by atoms with Crippen molar-refractivity contribution in [3.63, 3.8) is 0 Å². The number of anilines is 1. The molecule has 5 rings (SSSR count). The Morgan fingerprint density at radius 2 is 1.87 bits per heavy atom. The Labute approximate surface area is 179 Å². The molecule has 0 saturated carbocycles. The van der Waals surface area contributed by atoms with Crippen molar-refractivity contribution < 1.29 is 13.2 Å². The molecule has 3 aromatic heterocycles. The van der Waals surface area contributed by atoms with Crippen LogP contribution in [0.25, 0.3) is 27.8 Å². The number of methoxy groups -OCH3 is 1. The minimum atomic E-state index is -3.91. The van der Waals surface area contributed by atoms with Crippen molar-refractivity contribution in [1.82, 2.24) is 14.4 Å². The maximum Gasteiger partial charge on any atom is 0.264 e. The molecule has 0 unspecified atom stereocenters. The quantitative estimate of drug-likeness (QED) is 0.448. The number of hydrogen-bond donors (Lipinski definition) is 1. The van der Waals surface area contributed by atoms with E-state index in [9.17, 15) is 8.42 Å². The van der Waals surface area contributed by atoms with Gasteiger partial charge in [-0.3, -0.25) is 9.71 Å². The van der Waals surface area contributed by atoms with Gasteiger partial charge in [-0.1, -0.05) is 24.3 Å². The number of benzene rings is 2. The molecule has 0 bridgehead atoms. The normalized spacial score (nSPS) is 11.6. The number of fused-ring (bicyclic) bond motifs is 2. The standard InChI is InChI=1S/C23H18N4O3S/c1-30-20-11-10-17(19-15-27-13-3-2-9-22(27)25-19)14-18(20)26-31(28,29)21-8-4-6-16-7-5-12-24-23(16)21/h2-15,26H,1H3. The Hall–Kier alpha value is -3.91. The van der Waals surface area contributed by atoms with Crippen molar-refractivity contribution in [3.8, 4) is 17.0 Å². The number of aromatic nitrogens is 3. The summed E-state index contributed by atoms with van der Waals surface area (Å²) in [5, 5.41) is 0.746. The highest BCUT2D eigenvalue weighted by atomic mass is 32.2. The van der Waals surface area contributed by atoms with E-state index in [0.29, 0.717) is 17.0 Å². The van der Waals surface area contributed by atoms with Crippen LogP contribution in [0.15, 0.2) is 90.2 Å². The average molecular weight is 430 g/mol. The van der Waals surface area contributed by atoms with E-state index < -0.39 is 10.0 Å². The van der Waals surface area contributed by atoms with Gasteiger partial charge in [0.15, 0.2) is 0 Å². The van der Waals surface area contributed by atoms with Gasteiger partial charge in [0.25, 0.3) is 10.0 Å². The maximum atomic E-state index is 13.2. The topological polar surface area (TPSA) is 85.6 Å². The van der Waals surface area contributed by atoms with Crippen molar-refractivity contribution >= 4 is 32.3 Å². The molecule has 0 fully saturated rings. The second-order valence-electron chi connectivity index (χ2n) is 6.94. The molecule has 154 valence electrons. The van der Waals surface area contributed by atoms with Crippen molar-refractivity contribution in [2.45, 2.75) is 4.90 Å². The Kier molecular flexibility index (Phi) is 4.56. The first-order chi connectivity index (χ1) is 15.0. The number of para-hydroxylation sites is 1. The van der Waals surface area contributed by atoms with Gasteiger partial charge in [-0.15, -0.1) is 0 Å². The second kappa shape index (κ2) is 7.41. The number of nitrogens with one attached hydrogen (secondary N) is 1. The van der Waals surface area contributed by atoms with Gasteiger partial charge < -0.3 is 9.14 Å². The van der Waals surface area contributed by atoms with Crippen LogP contribution < -0.4 is 9.46 Å².